The topological polar surface area (TPSA) is 72.5 Å². The van der Waals surface area contributed by atoms with Gasteiger partial charge in [-0.15, -0.1) is 0 Å². The van der Waals surface area contributed by atoms with E-state index in [9.17, 15) is 9.90 Å². The maximum absolute atomic E-state index is 12.4. The fourth-order valence-electron chi connectivity index (χ4n) is 5.03. The van der Waals surface area contributed by atoms with Gasteiger partial charge in [-0.25, -0.2) is 9.79 Å². The van der Waals surface area contributed by atoms with Crippen molar-refractivity contribution in [3.05, 3.63) is 81.6 Å². The minimum Gasteiger partial charge on any atom is -0.478 e. The van der Waals surface area contributed by atoms with Crippen molar-refractivity contribution in [1.82, 2.24) is 0 Å². The van der Waals surface area contributed by atoms with Crippen molar-refractivity contribution in [2.24, 2.45) is 5.92 Å². The van der Waals surface area contributed by atoms with E-state index in [2.05, 4.69) is 82.2 Å². The summed E-state index contributed by atoms with van der Waals surface area (Å²) in [6.45, 7) is 14.1. The van der Waals surface area contributed by atoms with Crippen LogP contribution >= 0.6 is 0 Å². The van der Waals surface area contributed by atoms with E-state index < -0.39 is 5.97 Å². The summed E-state index contributed by atoms with van der Waals surface area (Å²) < 4.78 is 6.49. The molecule has 2 atom stereocenters. The Morgan fingerprint density at radius 2 is 1.91 bits per heavy atom. The Morgan fingerprint density at radius 1 is 1.15 bits per heavy atom. The fourth-order valence-corrected chi connectivity index (χ4v) is 5.03. The standard InChI is InChI=1S/C29H34N2O3/c1-7-30-24-14-26-22(11-17(24)5)28(20-10-9-19(16(3)4)13-21(20)29(32)33)23-12-18(6)25(31-8-2)15-27(23)34-26/h9-16,22,28,31H,7-8H2,1-6H3,(H,32,33)/p+1. The van der Waals surface area contributed by atoms with Crippen LogP contribution in [0.4, 0.5) is 5.69 Å². The number of hydrogen-bond acceptors (Lipinski definition) is 3. The molecule has 34 heavy (non-hydrogen) atoms. The Kier molecular flexibility index (Phi) is 6.65. The van der Waals surface area contributed by atoms with E-state index in [0.29, 0.717) is 5.56 Å². The zero-order valence-electron chi connectivity index (χ0n) is 21.0. The molecule has 0 aromatic heterocycles. The SMILES string of the molecule is CCNc1cc2c(cc1C)C(c1ccc(C(C)C)cc1C(=O)O)C1C=C(C)C(=[NH+]CC)C=C1O2. The van der Waals surface area contributed by atoms with Crippen LogP contribution in [0.5, 0.6) is 5.75 Å². The third kappa shape index (κ3) is 4.27. The number of carboxylic acids is 1. The molecule has 1 aliphatic carbocycles. The first kappa shape index (κ1) is 23.8. The third-order valence-corrected chi connectivity index (χ3v) is 6.79. The van der Waals surface area contributed by atoms with Gasteiger partial charge in [0.15, 0.2) is 0 Å². The summed E-state index contributed by atoms with van der Waals surface area (Å²) in [5, 5.41) is 13.6. The maximum atomic E-state index is 12.4. The highest BCUT2D eigenvalue weighted by molar-refractivity contribution is 6.05. The van der Waals surface area contributed by atoms with Crippen molar-refractivity contribution in [2.75, 3.05) is 18.4 Å². The van der Waals surface area contributed by atoms with E-state index in [0.717, 1.165) is 63.8 Å². The largest absolute Gasteiger partial charge is 0.478 e. The van der Waals surface area contributed by atoms with Crippen molar-refractivity contribution in [3.8, 4) is 5.75 Å². The number of carbonyl (C=O) groups is 1. The second-order valence-corrected chi connectivity index (χ2v) is 9.49. The van der Waals surface area contributed by atoms with Gasteiger partial charge in [-0.3, -0.25) is 0 Å². The minimum atomic E-state index is -0.895. The van der Waals surface area contributed by atoms with Crippen molar-refractivity contribution in [1.29, 1.82) is 0 Å². The number of carboxylic acid groups (broad SMARTS) is 1. The summed E-state index contributed by atoms with van der Waals surface area (Å²) in [6.07, 6.45) is 4.30. The van der Waals surface area contributed by atoms with Gasteiger partial charge in [0.25, 0.3) is 0 Å². The molecule has 0 spiro atoms. The lowest BCUT2D eigenvalue weighted by molar-refractivity contribution is -0.451. The van der Waals surface area contributed by atoms with E-state index in [1.54, 1.807) is 0 Å². The van der Waals surface area contributed by atoms with Gasteiger partial charge in [-0.05, 0) is 62.4 Å². The van der Waals surface area contributed by atoms with Crippen LogP contribution in [0.2, 0.25) is 0 Å². The summed E-state index contributed by atoms with van der Waals surface area (Å²) in [7, 11) is 0. The first-order valence-corrected chi connectivity index (χ1v) is 12.2. The zero-order valence-corrected chi connectivity index (χ0v) is 21.0. The molecule has 0 saturated carbocycles. The molecule has 1 aliphatic heterocycles. The highest BCUT2D eigenvalue weighted by Gasteiger charge is 2.40. The smallest absolute Gasteiger partial charge is 0.335 e. The minimum absolute atomic E-state index is 0.0812. The lowest BCUT2D eigenvalue weighted by Crippen LogP contribution is -2.72. The zero-order chi connectivity index (χ0) is 24.6. The first-order chi connectivity index (χ1) is 16.2. The van der Waals surface area contributed by atoms with Gasteiger partial charge in [-0.1, -0.05) is 32.1 Å². The van der Waals surface area contributed by atoms with Crippen LogP contribution < -0.4 is 15.0 Å². The predicted octanol–water partition coefficient (Wildman–Crippen LogP) is 4.77. The molecule has 5 nitrogen and oxygen atoms in total. The number of benzene rings is 2. The van der Waals surface area contributed by atoms with Crippen LogP contribution in [0.25, 0.3) is 0 Å². The van der Waals surface area contributed by atoms with Gasteiger partial charge in [0.2, 0.25) is 5.71 Å². The Labute approximate surface area is 202 Å². The molecule has 178 valence electrons. The molecule has 5 heteroatoms. The molecule has 2 aromatic rings. The average molecular weight is 460 g/mol. The molecule has 2 aromatic carbocycles. The predicted molar refractivity (Wildman–Crippen MR) is 137 cm³/mol. The van der Waals surface area contributed by atoms with Crippen LogP contribution in [0.3, 0.4) is 0 Å². The van der Waals surface area contributed by atoms with E-state index in [1.165, 1.54) is 0 Å². The number of aryl methyl sites for hydroxylation is 1. The Hall–Kier alpha value is -3.34. The molecule has 0 fully saturated rings. The average Bonchev–Trinajstić information content (AvgIpc) is 2.79. The van der Waals surface area contributed by atoms with Crippen molar-refractivity contribution in [2.45, 2.75) is 53.4 Å². The molecular formula is C29H35N2O3+. The van der Waals surface area contributed by atoms with Crippen LogP contribution in [0.15, 0.2) is 53.8 Å². The van der Waals surface area contributed by atoms with Crippen LogP contribution in [0, 0.1) is 12.8 Å². The van der Waals surface area contributed by atoms with Crippen molar-refractivity contribution >= 4 is 17.4 Å². The summed E-state index contributed by atoms with van der Waals surface area (Å²) in [4.78, 5) is 15.9. The van der Waals surface area contributed by atoms with E-state index in [4.69, 9.17) is 4.74 Å². The van der Waals surface area contributed by atoms with Gasteiger partial charge in [0, 0.05) is 47.3 Å². The number of allylic oxidation sites excluding steroid dienone is 3. The van der Waals surface area contributed by atoms with Crippen LogP contribution in [-0.4, -0.2) is 29.9 Å². The summed E-state index contributed by atoms with van der Waals surface area (Å²) >= 11 is 0. The normalized spacial score (nSPS) is 20.3. The van der Waals surface area contributed by atoms with E-state index in [1.807, 2.05) is 12.1 Å². The number of hydrogen-bond donors (Lipinski definition) is 3. The van der Waals surface area contributed by atoms with Gasteiger partial charge in [0.1, 0.15) is 18.1 Å². The number of nitrogens with one attached hydrogen (secondary N) is 2. The summed E-state index contributed by atoms with van der Waals surface area (Å²) in [5.74, 6) is 0.742. The lowest BCUT2D eigenvalue weighted by Gasteiger charge is -2.37. The highest BCUT2D eigenvalue weighted by Crippen LogP contribution is 2.50. The molecule has 0 saturated heterocycles. The first-order valence-electron chi connectivity index (χ1n) is 12.2. The lowest BCUT2D eigenvalue weighted by atomic mass is 9.72. The van der Waals surface area contributed by atoms with Gasteiger partial charge in [0.05, 0.1) is 5.56 Å². The summed E-state index contributed by atoms with van der Waals surface area (Å²) in [5.41, 5.74) is 7.58. The monoisotopic (exact) mass is 459 g/mol. The maximum Gasteiger partial charge on any atom is 0.335 e. The third-order valence-electron chi connectivity index (χ3n) is 6.79. The van der Waals surface area contributed by atoms with E-state index in [-0.39, 0.29) is 17.8 Å². The van der Waals surface area contributed by atoms with Crippen molar-refractivity contribution in [3.63, 3.8) is 0 Å². The number of ether oxygens (including phenoxy) is 1. The van der Waals surface area contributed by atoms with Crippen LogP contribution in [-0.2, 0) is 0 Å². The molecule has 3 N–H and O–H groups in total. The second-order valence-electron chi connectivity index (χ2n) is 9.49. The number of aromatic carboxylic acids is 1. The number of anilines is 1. The Morgan fingerprint density at radius 3 is 2.56 bits per heavy atom. The Balaban J connectivity index is 1.97. The second kappa shape index (κ2) is 9.49. The van der Waals surface area contributed by atoms with Gasteiger partial charge >= 0.3 is 5.97 Å². The number of fused-ring (bicyclic) bond motifs is 2. The Bertz CT molecular complexity index is 1220. The highest BCUT2D eigenvalue weighted by atomic mass is 16.5. The van der Waals surface area contributed by atoms with Gasteiger partial charge in [-0.2, -0.15) is 0 Å². The summed E-state index contributed by atoms with van der Waals surface area (Å²) in [6, 6.07) is 10.1. The van der Waals surface area contributed by atoms with Crippen molar-refractivity contribution < 1.29 is 19.6 Å². The molecular weight excluding hydrogens is 424 g/mol. The molecule has 2 aliphatic rings. The van der Waals surface area contributed by atoms with Crippen LogP contribution in [0.1, 0.15) is 79.1 Å². The fraction of sp³-hybridized carbons (Fsp3) is 0.379. The quantitative estimate of drug-likeness (QED) is 0.582. The molecule has 0 radical (unpaired) electrons. The molecule has 0 bridgehead atoms. The van der Waals surface area contributed by atoms with E-state index >= 15 is 0 Å². The molecule has 0 amide bonds. The molecule has 4 rings (SSSR count). The molecule has 1 heterocycles. The number of rotatable bonds is 6. The molecule has 2 unspecified atom stereocenters. The van der Waals surface area contributed by atoms with Gasteiger partial charge < -0.3 is 15.2 Å².